The van der Waals surface area contributed by atoms with Crippen molar-refractivity contribution in [1.29, 1.82) is 0 Å². The molecule has 2 aromatic carbocycles. The average Bonchev–Trinajstić information content (AvgIpc) is 2.92. The third-order valence-electron chi connectivity index (χ3n) is 4.22. The van der Waals surface area contributed by atoms with Crippen LogP contribution in [0.25, 0.3) is 11.3 Å². The van der Waals surface area contributed by atoms with Crippen molar-refractivity contribution in [3.8, 4) is 17.0 Å². The Balaban J connectivity index is 1.88. The zero-order valence-electron chi connectivity index (χ0n) is 14.4. The number of Topliss-reactive ketones (excluding diaryl/α,β-unsaturated/α-hetero) is 1. The summed E-state index contributed by atoms with van der Waals surface area (Å²) in [6.45, 7) is 0.105. The van der Waals surface area contributed by atoms with E-state index in [1.807, 2.05) is 42.1 Å². The lowest BCUT2D eigenvalue weighted by Gasteiger charge is -2.02. The molecule has 134 valence electrons. The number of methoxy groups -OCH3 is 1. The number of ketones is 1. The number of nitrogen functional groups attached to an aromatic ring is 1. The molecular formula is C19H18Cl2N3O2+. The monoisotopic (exact) mass is 390 g/mol. The summed E-state index contributed by atoms with van der Waals surface area (Å²) >= 11 is 11.9. The van der Waals surface area contributed by atoms with Gasteiger partial charge in [0.05, 0.1) is 24.2 Å². The van der Waals surface area contributed by atoms with Crippen LogP contribution in [-0.4, -0.2) is 17.5 Å². The minimum atomic E-state index is -0.104. The number of anilines is 1. The number of nitrogens with two attached hydrogens (primary N) is 1. The Hall–Kier alpha value is -2.50. The average molecular weight is 391 g/mol. The molecule has 5 nitrogen and oxygen atoms in total. The van der Waals surface area contributed by atoms with Crippen LogP contribution in [-0.2, 0) is 13.6 Å². The van der Waals surface area contributed by atoms with Gasteiger partial charge in [0, 0.05) is 11.1 Å². The summed E-state index contributed by atoms with van der Waals surface area (Å²) in [4.78, 5) is 12.6. The van der Waals surface area contributed by atoms with Crippen LogP contribution in [0.4, 0.5) is 5.95 Å². The predicted octanol–water partition coefficient (Wildman–Crippen LogP) is 3.76. The first-order chi connectivity index (χ1) is 12.4. The van der Waals surface area contributed by atoms with Crippen molar-refractivity contribution in [2.75, 3.05) is 12.8 Å². The summed E-state index contributed by atoms with van der Waals surface area (Å²) in [5, 5.41) is 0.763. The third-order valence-corrected chi connectivity index (χ3v) is 4.96. The predicted molar refractivity (Wildman–Crippen MR) is 103 cm³/mol. The molecule has 0 radical (unpaired) electrons. The minimum Gasteiger partial charge on any atom is -0.497 e. The van der Waals surface area contributed by atoms with E-state index in [0.29, 0.717) is 21.6 Å². The van der Waals surface area contributed by atoms with Crippen molar-refractivity contribution in [2.45, 2.75) is 6.54 Å². The maximum absolute atomic E-state index is 12.6. The van der Waals surface area contributed by atoms with Crippen LogP contribution >= 0.6 is 23.2 Å². The van der Waals surface area contributed by atoms with E-state index in [0.717, 1.165) is 17.0 Å². The second-order valence-electron chi connectivity index (χ2n) is 5.84. The van der Waals surface area contributed by atoms with Crippen LogP contribution in [0.2, 0.25) is 10.0 Å². The van der Waals surface area contributed by atoms with Gasteiger partial charge in [-0.15, -0.1) is 0 Å². The highest BCUT2D eigenvalue weighted by molar-refractivity contribution is 6.42. The highest BCUT2D eigenvalue weighted by atomic mass is 35.5. The summed E-state index contributed by atoms with van der Waals surface area (Å²) in [7, 11) is 3.48. The van der Waals surface area contributed by atoms with E-state index in [1.54, 1.807) is 29.9 Å². The lowest BCUT2D eigenvalue weighted by atomic mass is 10.1. The van der Waals surface area contributed by atoms with E-state index in [4.69, 9.17) is 33.7 Å². The molecule has 7 heteroatoms. The van der Waals surface area contributed by atoms with Gasteiger partial charge in [-0.25, -0.2) is 9.13 Å². The molecule has 0 bridgehead atoms. The van der Waals surface area contributed by atoms with Gasteiger partial charge in [0.2, 0.25) is 0 Å². The molecule has 0 amide bonds. The Morgan fingerprint density at radius 3 is 2.46 bits per heavy atom. The number of imidazole rings is 1. The van der Waals surface area contributed by atoms with Gasteiger partial charge in [-0.1, -0.05) is 23.2 Å². The fraction of sp³-hybridized carbons (Fsp3) is 0.158. The van der Waals surface area contributed by atoms with Crippen LogP contribution in [0, 0.1) is 0 Å². The minimum absolute atomic E-state index is 0.104. The van der Waals surface area contributed by atoms with Gasteiger partial charge < -0.3 is 4.74 Å². The molecule has 0 spiro atoms. The summed E-state index contributed by atoms with van der Waals surface area (Å²) in [5.41, 5.74) is 8.53. The number of rotatable bonds is 5. The fourth-order valence-corrected chi connectivity index (χ4v) is 2.99. The SMILES string of the molecule is COc1ccc(-c2c[n+](CC(=O)c3ccc(Cl)c(Cl)c3)c(N)n2C)cc1. The second-order valence-corrected chi connectivity index (χ2v) is 6.65. The molecule has 0 aliphatic carbocycles. The van der Waals surface area contributed by atoms with Gasteiger partial charge in [0.15, 0.2) is 5.78 Å². The number of ether oxygens (including phenoxy) is 1. The lowest BCUT2D eigenvalue weighted by Crippen LogP contribution is -2.39. The van der Waals surface area contributed by atoms with E-state index < -0.39 is 0 Å². The first-order valence-electron chi connectivity index (χ1n) is 7.88. The molecule has 0 saturated heterocycles. The number of aromatic nitrogens is 2. The molecule has 0 aliphatic rings. The van der Waals surface area contributed by atoms with E-state index in [-0.39, 0.29) is 12.3 Å². The smallest absolute Gasteiger partial charge is 0.355 e. The number of carbonyl (C=O) groups excluding carboxylic acids is 1. The molecule has 0 unspecified atom stereocenters. The van der Waals surface area contributed by atoms with Crippen LogP contribution in [0.5, 0.6) is 5.75 Å². The summed E-state index contributed by atoms with van der Waals surface area (Å²) < 4.78 is 8.73. The van der Waals surface area contributed by atoms with Crippen LogP contribution < -0.4 is 15.0 Å². The highest BCUT2D eigenvalue weighted by Gasteiger charge is 2.20. The highest BCUT2D eigenvalue weighted by Crippen LogP contribution is 2.24. The third kappa shape index (κ3) is 3.54. The van der Waals surface area contributed by atoms with Crippen LogP contribution in [0.1, 0.15) is 10.4 Å². The van der Waals surface area contributed by atoms with E-state index in [2.05, 4.69) is 0 Å². The lowest BCUT2D eigenvalue weighted by molar-refractivity contribution is -0.667. The number of hydrogen-bond acceptors (Lipinski definition) is 3. The zero-order chi connectivity index (χ0) is 18.8. The molecule has 1 heterocycles. The zero-order valence-corrected chi connectivity index (χ0v) is 15.9. The summed E-state index contributed by atoms with van der Waals surface area (Å²) in [5.74, 6) is 1.15. The van der Waals surface area contributed by atoms with Crippen LogP contribution in [0.3, 0.4) is 0 Å². The topological polar surface area (TPSA) is 61.1 Å². The Morgan fingerprint density at radius 1 is 1.15 bits per heavy atom. The molecule has 0 aliphatic heterocycles. The molecule has 3 rings (SSSR count). The first kappa shape index (κ1) is 18.3. The van der Waals surface area contributed by atoms with Gasteiger partial charge in [-0.05, 0) is 42.5 Å². The van der Waals surface area contributed by atoms with Gasteiger partial charge in [-0.3, -0.25) is 10.5 Å². The summed E-state index contributed by atoms with van der Waals surface area (Å²) in [6.07, 6.45) is 1.85. The number of hydrogen-bond donors (Lipinski definition) is 1. The van der Waals surface area contributed by atoms with Gasteiger partial charge in [-0.2, -0.15) is 0 Å². The maximum atomic E-state index is 12.6. The van der Waals surface area contributed by atoms with Crippen molar-refractivity contribution >= 4 is 34.9 Å². The standard InChI is InChI=1S/C19H17Cl2N3O2/c1-23-17(12-3-6-14(26-2)7-4-12)10-24(19(23)22)11-18(25)13-5-8-15(20)16(21)9-13/h3-10,22H,11H2,1-2H3/p+1. The molecule has 3 aromatic rings. The Morgan fingerprint density at radius 2 is 1.85 bits per heavy atom. The molecule has 1 aromatic heterocycles. The maximum Gasteiger partial charge on any atom is 0.355 e. The van der Waals surface area contributed by atoms with Crippen molar-refractivity contribution in [3.05, 3.63) is 64.3 Å². The Kier molecular flexibility index (Phi) is 5.20. The molecular weight excluding hydrogens is 373 g/mol. The largest absolute Gasteiger partial charge is 0.497 e. The van der Waals surface area contributed by atoms with E-state index in [1.165, 1.54) is 0 Å². The molecule has 26 heavy (non-hydrogen) atoms. The molecule has 0 atom stereocenters. The number of halogens is 2. The van der Waals surface area contributed by atoms with Crippen molar-refractivity contribution in [2.24, 2.45) is 7.05 Å². The quantitative estimate of drug-likeness (QED) is 0.532. The van der Waals surface area contributed by atoms with Crippen LogP contribution in [0.15, 0.2) is 48.7 Å². The Labute approximate surface area is 161 Å². The van der Waals surface area contributed by atoms with Gasteiger partial charge in [0.25, 0.3) is 0 Å². The van der Waals surface area contributed by atoms with Crippen molar-refractivity contribution < 1.29 is 14.1 Å². The van der Waals surface area contributed by atoms with Crippen molar-refractivity contribution in [1.82, 2.24) is 4.57 Å². The first-order valence-corrected chi connectivity index (χ1v) is 8.63. The van der Waals surface area contributed by atoms with E-state index in [9.17, 15) is 4.79 Å². The Bertz CT molecular complexity index is 966. The summed E-state index contributed by atoms with van der Waals surface area (Å²) in [6, 6.07) is 12.5. The van der Waals surface area contributed by atoms with Gasteiger partial charge >= 0.3 is 5.95 Å². The number of benzene rings is 2. The van der Waals surface area contributed by atoms with E-state index >= 15 is 0 Å². The molecule has 0 fully saturated rings. The number of nitrogens with zero attached hydrogens (tertiary/aromatic N) is 2. The number of carbonyl (C=O) groups is 1. The molecule has 0 saturated carbocycles. The van der Waals surface area contributed by atoms with Gasteiger partial charge in [0.1, 0.15) is 24.2 Å². The fourth-order valence-electron chi connectivity index (χ4n) is 2.69. The second kappa shape index (κ2) is 7.40. The van der Waals surface area contributed by atoms with Crippen molar-refractivity contribution in [3.63, 3.8) is 0 Å². The normalized spacial score (nSPS) is 10.8. The molecule has 2 N–H and O–H groups in total.